The molecule has 1 N–H and O–H groups in total. The van der Waals surface area contributed by atoms with Crippen molar-refractivity contribution in [1.29, 1.82) is 0 Å². The average Bonchev–Trinajstić information content (AvgIpc) is 2.73. The fraction of sp³-hybridized carbons (Fsp3) is 0.318. The van der Waals surface area contributed by atoms with E-state index in [4.69, 9.17) is 9.47 Å². The van der Waals surface area contributed by atoms with E-state index in [1.807, 2.05) is 32.0 Å². The largest absolute Gasteiger partial charge is 0.486 e. The Morgan fingerprint density at radius 1 is 1.17 bits per heavy atom. The summed E-state index contributed by atoms with van der Waals surface area (Å²) in [5.74, 6) is 0.647. The number of amides is 1. The molecule has 0 spiro atoms. The summed E-state index contributed by atoms with van der Waals surface area (Å²) < 4.78 is 25.7. The molecule has 30 heavy (non-hydrogen) atoms. The number of nitrogens with one attached hydrogen (secondary N) is 1. The monoisotopic (exact) mass is 411 g/mol. The lowest BCUT2D eigenvalue weighted by molar-refractivity contribution is -0.122. The second-order valence-electron chi connectivity index (χ2n) is 7.53. The summed E-state index contributed by atoms with van der Waals surface area (Å²) in [5, 5.41) is 3.25. The maximum atomic E-state index is 13.3. The number of hydrogen-bond donors (Lipinski definition) is 1. The van der Waals surface area contributed by atoms with Crippen LogP contribution >= 0.6 is 0 Å². The fourth-order valence-electron chi connectivity index (χ4n) is 3.51. The molecule has 1 atom stereocenters. The normalized spacial score (nSPS) is 14.0. The number of benzene rings is 2. The molecule has 8 heteroatoms. The third kappa shape index (κ3) is 3.98. The summed E-state index contributed by atoms with van der Waals surface area (Å²) in [4.78, 5) is 29.4. The molecule has 156 valence electrons. The van der Waals surface area contributed by atoms with Crippen LogP contribution in [0.5, 0.6) is 11.5 Å². The van der Waals surface area contributed by atoms with Gasteiger partial charge in [0.2, 0.25) is 5.91 Å². The quantitative estimate of drug-likeness (QED) is 0.698. The molecule has 0 bridgehead atoms. The van der Waals surface area contributed by atoms with Gasteiger partial charge in [-0.1, -0.05) is 19.9 Å². The molecule has 0 aliphatic carbocycles. The second kappa shape index (κ2) is 8.14. The highest BCUT2D eigenvalue weighted by molar-refractivity contribution is 5.79. The highest BCUT2D eigenvalue weighted by atomic mass is 19.1. The van der Waals surface area contributed by atoms with Crippen molar-refractivity contribution in [3.05, 3.63) is 64.5 Å². The summed E-state index contributed by atoms with van der Waals surface area (Å²) in [6, 6.07) is 9.10. The molecule has 4 rings (SSSR count). The van der Waals surface area contributed by atoms with Crippen LogP contribution in [0.25, 0.3) is 10.9 Å². The van der Waals surface area contributed by atoms with E-state index < -0.39 is 11.4 Å². The first kappa shape index (κ1) is 19.9. The Kier molecular flexibility index (Phi) is 5.39. The Hall–Kier alpha value is -3.42. The number of rotatable bonds is 5. The van der Waals surface area contributed by atoms with Gasteiger partial charge in [-0.25, -0.2) is 9.37 Å². The van der Waals surface area contributed by atoms with Crippen LogP contribution in [-0.2, 0) is 11.3 Å². The van der Waals surface area contributed by atoms with E-state index in [1.165, 1.54) is 29.1 Å². The second-order valence-corrected chi connectivity index (χ2v) is 7.53. The molecule has 0 unspecified atom stereocenters. The lowest BCUT2D eigenvalue weighted by Crippen LogP contribution is -2.36. The van der Waals surface area contributed by atoms with E-state index >= 15 is 0 Å². The molecule has 2 heterocycles. The number of halogens is 1. The predicted molar refractivity (Wildman–Crippen MR) is 109 cm³/mol. The molecule has 7 nitrogen and oxygen atoms in total. The molecule has 1 amide bonds. The van der Waals surface area contributed by atoms with Crippen molar-refractivity contribution in [2.45, 2.75) is 26.4 Å². The van der Waals surface area contributed by atoms with Crippen LogP contribution in [0.1, 0.15) is 25.5 Å². The Balaban J connectivity index is 1.54. The Labute approximate surface area is 172 Å². The third-order valence-corrected chi connectivity index (χ3v) is 5.01. The van der Waals surface area contributed by atoms with E-state index in [0.717, 1.165) is 5.56 Å². The van der Waals surface area contributed by atoms with Crippen LogP contribution in [0.3, 0.4) is 0 Å². The van der Waals surface area contributed by atoms with Crippen LogP contribution < -0.4 is 20.3 Å². The fourth-order valence-corrected chi connectivity index (χ4v) is 3.51. The highest BCUT2D eigenvalue weighted by Gasteiger charge is 2.22. The van der Waals surface area contributed by atoms with Gasteiger partial charge in [-0.3, -0.25) is 14.2 Å². The van der Waals surface area contributed by atoms with Crippen LogP contribution in [-0.4, -0.2) is 28.7 Å². The number of hydrogen-bond acceptors (Lipinski definition) is 5. The zero-order chi connectivity index (χ0) is 21.3. The van der Waals surface area contributed by atoms with Crippen molar-refractivity contribution in [3.8, 4) is 11.5 Å². The summed E-state index contributed by atoms with van der Waals surface area (Å²) in [5.41, 5.74) is 0.755. The molecular formula is C22H22FN3O4. The standard InChI is InChI=1S/C22H22FN3O4/c1-13(2)21(14-3-6-18-19(9-14)30-8-7-29-18)25-20(27)11-26-12-24-17-10-15(23)4-5-16(17)22(26)28/h3-6,9-10,12-13,21H,7-8,11H2,1-2H3,(H,25,27)/t21-/m0/s1. The summed E-state index contributed by atoms with van der Waals surface area (Å²) in [6.45, 7) is 4.81. The van der Waals surface area contributed by atoms with Gasteiger partial charge in [-0.2, -0.15) is 0 Å². The third-order valence-electron chi connectivity index (χ3n) is 5.01. The topological polar surface area (TPSA) is 82.5 Å². The van der Waals surface area contributed by atoms with E-state index in [2.05, 4.69) is 10.3 Å². The Morgan fingerprint density at radius 3 is 2.70 bits per heavy atom. The highest BCUT2D eigenvalue weighted by Crippen LogP contribution is 2.34. The Morgan fingerprint density at radius 2 is 1.93 bits per heavy atom. The number of fused-ring (bicyclic) bond motifs is 2. The zero-order valence-electron chi connectivity index (χ0n) is 16.7. The number of nitrogens with zero attached hydrogens (tertiary/aromatic N) is 2. The van der Waals surface area contributed by atoms with Gasteiger partial charge in [0.1, 0.15) is 25.6 Å². The van der Waals surface area contributed by atoms with Crippen molar-refractivity contribution in [3.63, 3.8) is 0 Å². The molecule has 2 aromatic carbocycles. The van der Waals surface area contributed by atoms with Crippen LogP contribution in [0.4, 0.5) is 4.39 Å². The van der Waals surface area contributed by atoms with Crippen molar-refractivity contribution in [2.75, 3.05) is 13.2 Å². The van der Waals surface area contributed by atoms with Crippen molar-refractivity contribution < 1.29 is 18.7 Å². The van der Waals surface area contributed by atoms with Gasteiger partial charge in [0.25, 0.3) is 5.56 Å². The predicted octanol–water partition coefficient (Wildman–Crippen LogP) is 2.82. The maximum absolute atomic E-state index is 13.3. The summed E-state index contributed by atoms with van der Waals surface area (Å²) in [6.07, 6.45) is 1.26. The van der Waals surface area contributed by atoms with E-state index in [9.17, 15) is 14.0 Å². The van der Waals surface area contributed by atoms with Crippen molar-refractivity contribution in [2.24, 2.45) is 5.92 Å². The van der Waals surface area contributed by atoms with Gasteiger partial charge in [-0.05, 0) is 35.7 Å². The lowest BCUT2D eigenvalue weighted by Gasteiger charge is -2.25. The first-order chi connectivity index (χ1) is 14.4. The molecule has 0 saturated heterocycles. The molecule has 0 fully saturated rings. The van der Waals surface area contributed by atoms with Gasteiger partial charge in [-0.15, -0.1) is 0 Å². The van der Waals surface area contributed by atoms with Gasteiger partial charge in [0, 0.05) is 6.07 Å². The van der Waals surface area contributed by atoms with E-state index in [1.54, 1.807) is 0 Å². The molecule has 1 aromatic heterocycles. The van der Waals surface area contributed by atoms with Gasteiger partial charge >= 0.3 is 0 Å². The summed E-state index contributed by atoms with van der Waals surface area (Å²) >= 11 is 0. The summed E-state index contributed by atoms with van der Waals surface area (Å²) in [7, 11) is 0. The molecule has 1 aliphatic rings. The minimum absolute atomic E-state index is 0.103. The van der Waals surface area contributed by atoms with Crippen molar-refractivity contribution in [1.82, 2.24) is 14.9 Å². The number of carbonyl (C=O) groups is 1. The molecule has 0 saturated carbocycles. The Bertz CT molecular complexity index is 1160. The molecule has 1 aliphatic heterocycles. The minimum Gasteiger partial charge on any atom is -0.486 e. The first-order valence-corrected chi connectivity index (χ1v) is 9.76. The SMILES string of the molecule is CC(C)[C@H](NC(=O)Cn1cnc2cc(F)ccc2c1=O)c1ccc2c(c1)OCCO2. The van der Waals surface area contributed by atoms with E-state index in [0.29, 0.717) is 24.7 Å². The van der Waals surface area contributed by atoms with Crippen LogP contribution in [0.15, 0.2) is 47.5 Å². The average molecular weight is 411 g/mol. The molecule has 0 radical (unpaired) electrons. The zero-order valence-corrected chi connectivity index (χ0v) is 16.7. The lowest BCUT2D eigenvalue weighted by atomic mass is 9.95. The van der Waals surface area contributed by atoms with Gasteiger partial charge in [0.15, 0.2) is 11.5 Å². The van der Waals surface area contributed by atoms with E-state index in [-0.39, 0.29) is 35.3 Å². The first-order valence-electron chi connectivity index (χ1n) is 9.76. The number of ether oxygens (including phenoxy) is 2. The van der Waals surface area contributed by atoms with Crippen LogP contribution in [0, 0.1) is 11.7 Å². The van der Waals surface area contributed by atoms with Gasteiger partial charge < -0.3 is 14.8 Å². The minimum atomic E-state index is -0.468. The van der Waals surface area contributed by atoms with Crippen LogP contribution in [0.2, 0.25) is 0 Å². The number of aromatic nitrogens is 2. The molecule has 3 aromatic rings. The maximum Gasteiger partial charge on any atom is 0.261 e. The van der Waals surface area contributed by atoms with Crippen molar-refractivity contribution >= 4 is 16.8 Å². The van der Waals surface area contributed by atoms with Gasteiger partial charge in [0.05, 0.1) is 23.3 Å². The molecular weight excluding hydrogens is 389 g/mol. The number of carbonyl (C=O) groups excluding carboxylic acids is 1. The smallest absolute Gasteiger partial charge is 0.261 e.